The van der Waals surface area contributed by atoms with E-state index in [9.17, 15) is 0 Å². The monoisotopic (exact) mass is 397 g/mol. The molecule has 146 valence electrons. The van der Waals surface area contributed by atoms with Crippen molar-refractivity contribution in [1.82, 2.24) is 14.8 Å². The van der Waals surface area contributed by atoms with Gasteiger partial charge >= 0.3 is 0 Å². The molecule has 1 aliphatic rings. The zero-order valence-corrected chi connectivity index (χ0v) is 17.0. The van der Waals surface area contributed by atoms with Gasteiger partial charge in [0.25, 0.3) is 0 Å². The summed E-state index contributed by atoms with van der Waals surface area (Å²) in [7, 11) is 1.95. The first-order chi connectivity index (χ1) is 13.6. The van der Waals surface area contributed by atoms with E-state index in [0.717, 1.165) is 34.0 Å². The first kappa shape index (κ1) is 18.7. The van der Waals surface area contributed by atoms with Crippen molar-refractivity contribution in [2.75, 3.05) is 19.0 Å². The molecule has 1 aromatic heterocycles. The molecule has 0 bridgehead atoms. The van der Waals surface area contributed by atoms with Crippen LogP contribution in [-0.2, 0) is 7.05 Å². The average Bonchev–Trinajstić information content (AvgIpc) is 3.04. The van der Waals surface area contributed by atoms with E-state index >= 15 is 0 Å². The van der Waals surface area contributed by atoms with Crippen LogP contribution < -0.4 is 14.2 Å². The van der Waals surface area contributed by atoms with E-state index in [1.165, 1.54) is 11.1 Å². The Hall–Kier alpha value is -2.67. The van der Waals surface area contributed by atoms with E-state index in [4.69, 9.17) is 14.2 Å². The van der Waals surface area contributed by atoms with Gasteiger partial charge in [-0.05, 0) is 49.2 Å². The highest BCUT2D eigenvalue weighted by atomic mass is 32.2. The summed E-state index contributed by atoms with van der Waals surface area (Å²) in [5.41, 5.74) is 2.41. The summed E-state index contributed by atoms with van der Waals surface area (Å²) >= 11 is 1.61. The Kier molecular flexibility index (Phi) is 5.43. The highest BCUT2D eigenvalue weighted by molar-refractivity contribution is 7.99. The van der Waals surface area contributed by atoms with Gasteiger partial charge in [-0.25, -0.2) is 0 Å². The van der Waals surface area contributed by atoms with E-state index in [1.54, 1.807) is 11.8 Å². The van der Waals surface area contributed by atoms with Crippen molar-refractivity contribution in [3.05, 3.63) is 59.4 Å². The number of rotatable bonds is 6. The van der Waals surface area contributed by atoms with Crippen molar-refractivity contribution in [3.8, 4) is 17.2 Å². The number of hydrogen-bond acceptors (Lipinski definition) is 6. The Bertz CT molecular complexity index is 953. The van der Waals surface area contributed by atoms with Crippen LogP contribution in [0.4, 0.5) is 0 Å². The number of ether oxygens (including phenoxy) is 3. The number of aryl methyl sites for hydroxylation is 2. The fourth-order valence-electron chi connectivity index (χ4n) is 3.19. The second-order valence-electron chi connectivity index (χ2n) is 6.78. The van der Waals surface area contributed by atoms with Crippen LogP contribution in [0.1, 0.15) is 23.1 Å². The molecule has 1 atom stereocenters. The van der Waals surface area contributed by atoms with Crippen molar-refractivity contribution in [1.29, 1.82) is 0 Å². The molecule has 1 aliphatic heterocycles. The van der Waals surface area contributed by atoms with E-state index in [1.807, 2.05) is 35.9 Å². The molecule has 2 heterocycles. The van der Waals surface area contributed by atoms with Gasteiger partial charge in [0.1, 0.15) is 12.4 Å². The minimum absolute atomic E-state index is 0.270. The summed E-state index contributed by atoms with van der Waals surface area (Å²) in [6, 6.07) is 13.9. The van der Waals surface area contributed by atoms with Gasteiger partial charge in [-0.3, -0.25) is 0 Å². The predicted molar refractivity (Wildman–Crippen MR) is 108 cm³/mol. The number of para-hydroxylation sites is 2. The molecule has 0 saturated heterocycles. The van der Waals surface area contributed by atoms with Crippen LogP contribution in [0.3, 0.4) is 0 Å². The van der Waals surface area contributed by atoms with Gasteiger partial charge in [0.2, 0.25) is 0 Å². The van der Waals surface area contributed by atoms with Crippen LogP contribution in [0, 0.1) is 13.8 Å². The van der Waals surface area contributed by atoms with Crippen LogP contribution in [0.2, 0.25) is 0 Å². The van der Waals surface area contributed by atoms with Crippen LogP contribution >= 0.6 is 11.8 Å². The molecule has 3 aromatic rings. The maximum atomic E-state index is 6.04. The fourth-order valence-corrected chi connectivity index (χ4v) is 3.92. The fraction of sp³-hybridized carbons (Fsp3) is 0.333. The minimum Gasteiger partial charge on any atom is -0.493 e. The lowest BCUT2D eigenvalue weighted by atomic mass is 10.1. The molecule has 6 nitrogen and oxygen atoms in total. The Balaban J connectivity index is 1.34. The number of aromatic nitrogens is 3. The molecule has 2 aromatic carbocycles. The topological polar surface area (TPSA) is 58.4 Å². The molecule has 0 aliphatic carbocycles. The van der Waals surface area contributed by atoms with Gasteiger partial charge in [-0.2, -0.15) is 0 Å². The summed E-state index contributed by atoms with van der Waals surface area (Å²) in [5.74, 6) is 3.94. The van der Waals surface area contributed by atoms with Gasteiger partial charge in [0.05, 0.1) is 6.61 Å². The predicted octanol–water partition coefficient (Wildman–Crippen LogP) is 4.12. The lowest BCUT2D eigenvalue weighted by molar-refractivity contribution is 0.0825. The third-order valence-corrected chi connectivity index (χ3v) is 5.43. The zero-order valence-electron chi connectivity index (χ0n) is 16.2. The Labute approximate surface area is 168 Å². The molecule has 7 heteroatoms. The maximum Gasteiger partial charge on any atom is 0.192 e. The van der Waals surface area contributed by atoms with E-state index < -0.39 is 0 Å². The molecular weight excluding hydrogens is 374 g/mol. The lowest BCUT2D eigenvalue weighted by Crippen LogP contribution is -2.24. The second kappa shape index (κ2) is 8.14. The first-order valence-corrected chi connectivity index (χ1v) is 10.2. The number of fused-ring (bicyclic) bond motifs is 1. The molecule has 28 heavy (non-hydrogen) atoms. The quantitative estimate of drug-likeness (QED) is 0.461. The van der Waals surface area contributed by atoms with Gasteiger partial charge in [0, 0.05) is 12.8 Å². The van der Waals surface area contributed by atoms with Gasteiger partial charge in [0.15, 0.2) is 28.6 Å². The lowest BCUT2D eigenvalue weighted by Gasteiger charge is -2.25. The van der Waals surface area contributed by atoms with E-state index in [2.05, 4.69) is 42.2 Å². The molecule has 0 saturated carbocycles. The largest absolute Gasteiger partial charge is 0.493 e. The summed E-state index contributed by atoms with van der Waals surface area (Å²) in [5, 5.41) is 9.46. The van der Waals surface area contributed by atoms with Crippen LogP contribution in [0.25, 0.3) is 0 Å². The zero-order chi connectivity index (χ0) is 19.5. The first-order valence-electron chi connectivity index (χ1n) is 9.22. The Morgan fingerprint density at radius 2 is 1.86 bits per heavy atom. The number of benzene rings is 2. The van der Waals surface area contributed by atoms with Gasteiger partial charge in [-0.1, -0.05) is 30.0 Å². The molecule has 0 amide bonds. The third kappa shape index (κ3) is 4.09. The maximum absolute atomic E-state index is 6.04. The van der Waals surface area contributed by atoms with Crippen LogP contribution in [0.5, 0.6) is 17.2 Å². The number of nitrogens with zero attached hydrogens (tertiary/aromatic N) is 3. The Morgan fingerprint density at radius 3 is 2.64 bits per heavy atom. The summed E-state index contributed by atoms with van der Waals surface area (Å²) in [6.45, 7) is 5.17. The molecule has 0 spiro atoms. The molecule has 0 fully saturated rings. The Morgan fingerprint density at radius 1 is 1.11 bits per heavy atom. The molecular formula is C21H23N3O3S. The minimum atomic E-state index is -0.270. The van der Waals surface area contributed by atoms with Crippen molar-refractivity contribution in [2.45, 2.75) is 25.1 Å². The van der Waals surface area contributed by atoms with Crippen molar-refractivity contribution in [3.63, 3.8) is 0 Å². The van der Waals surface area contributed by atoms with E-state index in [0.29, 0.717) is 13.2 Å². The molecule has 0 radical (unpaired) electrons. The average molecular weight is 398 g/mol. The van der Waals surface area contributed by atoms with Crippen molar-refractivity contribution >= 4 is 11.8 Å². The number of thioether (sulfide) groups is 1. The van der Waals surface area contributed by atoms with Gasteiger partial charge < -0.3 is 18.8 Å². The second-order valence-corrected chi connectivity index (χ2v) is 7.85. The highest BCUT2D eigenvalue weighted by Gasteiger charge is 2.27. The standard InChI is InChI=1S/C21H23N3O3S/c1-14-10-15(2)12-16(11-14)25-8-9-28-21-23-22-20(24(21)3)19-13-26-17-6-4-5-7-18(17)27-19/h4-7,10-12,19H,8-9,13H2,1-3H3. The molecule has 4 rings (SSSR count). The summed E-state index contributed by atoms with van der Waals surface area (Å²) in [6.07, 6.45) is -0.270. The molecule has 1 unspecified atom stereocenters. The SMILES string of the molecule is Cc1cc(C)cc(OCCSc2nnc(C3COc4ccccc4O3)n2C)c1. The molecule has 0 N–H and O–H groups in total. The smallest absolute Gasteiger partial charge is 0.192 e. The normalized spacial score (nSPS) is 15.5. The van der Waals surface area contributed by atoms with Crippen molar-refractivity contribution in [2.24, 2.45) is 7.05 Å². The summed E-state index contributed by atoms with van der Waals surface area (Å²) < 4.78 is 19.7. The van der Waals surface area contributed by atoms with Gasteiger partial charge in [-0.15, -0.1) is 10.2 Å². The van der Waals surface area contributed by atoms with Crippen LogP contribution in [-0.4, -0.2) is 33.7 Å². The van der Waals surface area contributed by atoms with E-state index in [-0.39, 0.29) is 6.10 Å². The van der Waals surface area contributed by atoms with Crippen LogP contribution in [0.15, 0.2) is 47.6 Å². The highest BCUT2D eigenvalue weighted by Crippen LogP contribution is 2.35. The third-order valence-electron chi connectivity index (χ3n) is 4.44. The van der Waals surface area contributed by atoms with Crippen molar-refractivity contribution < 1.29 is 14.2 Å². The summed E-state index contributed by atoms with van der Waals surface area (Å²) in [4.78, 5) is 0. The number of hydrogen-bond donors (Lipinski definition) is 0.